The van der Waals surface area contributed by atoms with Crippen molar-refractivity contribution >= 4 is 18.8 Å². The minimum atomic E-state index is -0.783. The van der Waals surface area contributed by atoms with Crippen molar-refractivity contribution in [1.29, 1.82) is 0 Å². The molecule has 1 heterocycles. The number of carbonyl (C=O) groups is 2. The monoisotopic (exact) mass is 235 g/mol. The second-order valence-corrected chi connectivity index (χ2v) is 4.33. The molecule has 0 radical (unpaired) electrons. The molecule has 5 nitrogen and oxygen atoms in total. The minimum Gasteiger partial charge on any atom is -0.427 e. The maximum atomic E-state index is 11.7. The van der Waals surface area contributed by atoms with Crippen LogP contribution in [0.25, 0.3) is 0 Å². The summed E-state index contributed by atoms with van der Waals surface area (Å²) in [5, 5.41) is 12.0. The molecule has 0 saturated carbocycles. The highest BCUT2D eigenvalue weighted by molar-refractivity contribution is 6.46. The molecule has 0 aromatic heterocycles. The van der Waals surface area contributed by atoms with E-state index in [9.17, 15) is 14.6 Å². The molecule has 2 aliphatic rings. The van der Waals surface area contributed by atoms with Crippen molar-refractivity contribution in [1.82, 2.24) is 5.32 Å². The third kappa shape index (κ3) is 2.65. The van der Waals surface area contributed by atoms with E-state index in [-0.39, 0.29) is 30.0 Å². The summed E-state index contributed by atoms with van der Waals surface area (Å²) in [4.78, 5) is 22.4. The molecule has 0 bridgehead atoms. The number of fused-ring (bicyclic) bond motifs is 1. The molecule has 1 amide bonds. The molecular formula is C11H14BNO4. The lowest BCUT2D eigenvalue weighted by molar-refractivity contribution is -0.121. The topological polar surface area (TPSA) is 75.6 Å². The Morgan fingerprint density at radius 2 is 2.41 bits per heavy atom. The van der Waals surface area contributed by atoms with Crippen molar-refractivity contribution in [3.63, 3.8) is 0 Å². The van der Waals surface area contributed by atoms with E-state index < -0.39 is 7.12 Å². The van der Waals surface area contributed by atoms with Crippen LogP contribution in [-0.2, 0) is 14.2 Å². The molecule has 2 rings (SSSR count). The average Bonchev–Trinajstić information content (AvgIpc) is 2.67. The van der Waals surface area contributed by atoms with E-state index in [1.165, 1.54) is 6.92 Å². The molecule has 2 unspecified atom stereocenters. The largest absolute Gasteiger partial charge is 0.462 e. The van der Waals surface area contributed by atoms with Crippen molar-refractivity contribution in [2.45, 2.75) is 12.7 Å². The Morgan fingerprint density at radius 1 is 1.65 bits per heavy atom. The van der Waals surface area contributed by atoms with Gasteiger partial charge in [-0.25, -0.2) is 0 Å². The van der Waals surface area contributed by atoms with Crippen molar-refractivity contribution in [2.75, 3.05) is 13.2 Å². The minimum absolute atomic E-state index is 0.0353. The Morgan fingerprint density at radius 3 is 3.12 bits per heavy atom. The zero-order chi connectivity index (χ0) is 12.4. The average molecular weight is 235 g/mol. The van der Waals surface area contributed by atoms with Gasteiger partial charge in [-0.2, -0.15) is 0 Å². The number of rotatable bonds is 3. The first-order valence-corrected chi connectivity index (χ1v) is 5.55. The van der Waals surface area contributed by atoms with Crippen LogP contribution in [0.5, 0.6) is 0 Å². The smallest absolute Gasteiger partial charge is 0.427 e. The summed E-state index contributed by atoms with van der Waals surface area (Å²) in [5.41, 5.74) is 0.519. The molecule has 1 aliphatic carbocycles. The summed E-state index contributed by atoms with van der Waals surface area (Å²) < 4.78 is 5.10. The van der Waals surface area contributed by atoms with Gasteiger partial charge in [-0.05, 0) is 6.92 Å². The highest BCUT2D eigenvalue weighted by atomic mass is 16.5. The normalized spacial score (nSPS) is 26.5. The van der Waals surface area contributed by atoms with Crippen LogP contribution in [0.4, 0.5) is 0 Å². The number of nitrogens with one attached hydrogen (secondary N) is 1. The van der Waals surface area contributed by atoms with Crippen LogP contribution in [0.2, 0.25) is 5.82 Å². The fourth-order valence-corrected chi connectivity index (χ4v) is 2.00. The maximum Gasteiger partial charge on any atom is 0.462 e. The molecule has 1 fully saturated rings. The van der Waals surface area contributed by atoms with Crippen molar-refractivity contribution in [2.24, 2.45) is 5.92 Å². The lowest BCUT2D eigenvalue weighted by Crippen LogP contribution is -2.30. The SMILES string of the molecule is CC(=O)CNC(=O)C1=CC2COB(O)C2C=C1. The van der Waals surface area contributed by atoms with Gasteiger partial charge in [-0.1, -0.05) is 18.2 Å². The predicted molar refractivity (Wildman–Crippen MR) is 62.1 cm³/mol. The van der Waals surface area contributed by atoms with Gasteiger partial charge in [0.1, 0.15) is 5.78 Å². The zero-order valence-electron chi connectivity index (χ0n) is 9.55. The fourth-order valence-electron chi connectivity index (χ4n) is 2.00. The van der Waals surface area contributed by atoms with Crippen LogP contribution in [0.3, 0.4) is 0 Å². The summed E-state index contributed by atoms with van der Waals surface area (Å²) in [6, 6.07) is 0. The first-order chi connectivity index (χ1) is 8.08. The third-order valence-corrected chi connectivity index (χ3v) is 2.93. The Kier molecular flexibility index (Phi) is 3.45. The molecule has 2 N–H and O–H groups in total. The van der Waals surface area contributed by atoms with E-state index in [2.05, 4.69) is 5.32 Å². The van der Waals surface area contributed by atoms with E-state index in [0.717, 1.165) is 0 Å². The Hall–Kier alpha value is -1.40. The second kappa shape index (κ2) is 4.85. The number of allylic oxidation sites excluding steroid dienone is 1. The molecule has 0 aromatic rings. The van der Waals surface area contributed by atoms with Gasteiger partial charge in [-0.15, -0.1) is 0 Å². The molecule has 1 aliphatic heterocycles. The summed E-state index contributed by atoms with van der Waals surface area (Å²) in [6.45, 7) is 1.87. The zero-order valence-corrected chi connectivity index (χ0v) is 9.55. The molecule has 17 heavy (non-hydrogen) atoms. The maximum absolute atomic E-state index is 11.7. The molecule has 1 saturated heterocycles. The van der Waals surface area contributed by atoms with Crippen molar-refractivity contribution in [3.05, 3.63) is 23.8 Å². The predicted octanol–water partition coefficient (Wildman–Crippen LogP) is -0.315. The van der Waals surface area contributed by atoms with Gasteiger partial charge < -0.3 is 15.0 Å². The molecule has 2 atom stereocenters. The van der Waals surface area contributed by atoms with Gasteiger partial charge in [0.15, 0.2) is 0 Å². The molecule has 6 heteroatoms. The van der Waals surface area contributed by atoms with E-state index >= 15 is 0 Å². The van der Waals surface area contributed by atoms with Crippen LogP contribution < -0.4 is 5.32 Å². The van der Waals surface area contributed by atoms with Crippen LogP contribution in [0, 0.1) is 5.92 Å². The number of amides is 1. The summed E-state index contributed by atoms with van der Waals surface area (Å²) in [5.74, 6) is -0.389. The van der Waals surface area contributed by atoms with Crippen molar-refractivity contribution in [3.8, 4) is 0 Å². The van der Waals surface area contributed by atoms with E-state index in [1.807, 2.05) is 0 Å². The van der Waals surface area contributed by atoms with Crippen LogP contribution in [-0.4, -0.2) is 37.0 Å². The lowest BCUT2D eigenvalue weighted by Gasteiger charge is -2.17. The standard InChI is InChI=1S/C11H14BNO4/c1-7(14)5-13-11(15)8-2-3-10-9(4-8)6-17-12(10)16/h2-4,9-10,16H,5-6H2,1H3,(H,13,15). The number of ketones is 1. The summed E-state index contributed by atoms with van der Waals surface area (Å²) in [6.07, 6.45) is 5.23. The Bertz CT molecular complexity index is 404. The number of carbonyl (C=O) groups excluding carboxylic acids is 2. The van der Waals surface area contributed by atoms with Gasteiger partial charge in [-0.3, -0.25) is 9.59 Å². The van der Waals surface area contributed by atoms with Gasteiger partial charge in [0, 0.05) is 23.9 Å². The molecule has 90 valence electrons. The highest BCUT2D eigenvalue weighted by Gasteiger charge is 2.39. The van der Waals surface area contributed by atoms with Crippen LogP contribution >= 0.6 is 0 Å². The third-order valence-electron chi connectivity index (χ3n) is 2.93. The number of hydrogen-bond donors (Lipinski definition) is 2. The summed E-state index contributed by atoms with van der Waals surface area (Å²) >= 11 is 0. The number of Topliss-reactive ketones (excluding diaryl/α,β-unsaturated/α-hetero) is 1. The van der Waals surface area contributed by atoms with E-state index in [0.29, 0.717) is 12.2 Å². The quantitative estimate of drug-likeness (QED) is 0.657. The Balaban J connectivity index is 1.99. The summed E-state index contributed by atoms with van der Waals surface area (Å²) in [7, 11) is -0.783. The van der Waals surface area contributed by atoms with Gasteiger partial charge >= 0.3 is 7.12 Å². The van der Waals surface area contributed by atoms with Gasteiger partial charge in [0.25, 0.3) is 5.91 Å². The molecule has 0 spiro atoms. The Labute approximate surface area is 99.7 Å². The van der Waals surface area contributed by atoms with Crippen LogP contribution in [0.1, 0.15) is 6.92 Å². The highest BCUT2D eigenvalue weighted by Crippen LogP contribution is 2.35. The fraction of sp³-hybridized carbons (Fsp3) is 0.455. The lowest BCUT2D eigenvalue weighted by atomic mass is 9.66. The second-order valence-electron chi connectivity index (χ2n) is 4.33. The van der Waals surface area contributed by atoms with E-state index in [1.54, 1.807) is 18.2 Å². The first kappa shape index (κ1) is 12.1. The van der Waals surface area contributed by atoms with Gasteiger partial charge in [0.2, 0.25) is 0 Å². The molecular weight excluding hydrogens is 221 g/mol. The molecule has 0 aromatic carbocycles. The van der Waals surface area contributed by atoms with Crippen molar-refractivity contribution < 1.29 is 19.3 Å². The number of hydrogen-bond acceptors (Lipinski definition) is 4. The van der Waals surface area contributed by atoms with E-state index in [4.69, 9.17) is 4.65 Å². The van der Waals surface area contributed by atoms with Gasteiger partial charge in [0.05, 0.1) is 6.54 Å². The van der Waals surface area contributed by atoms with Crippen LogP contribution in [0.15, 0.2) is 23.8 Å². The first-order valence-electron chi connectivity index (χ1n) is 5.55.